The van der Waals surface area contributed by atoms with E-state index in [0.717, 1.165) is 12.2 Å². The van der Waals surface area contributed by atoms with E-state index in [0.29, 0.717) is 11.1 Å². The average Bonchev–Trinajstić information content (AvgIpc) is 2.30. The number of anilines is 2. The van der Waals surface area contributed by atoms with Gasteiger partial charge in [-0.2, -0.15) is 0 Å². The van der Waals surface area contributed by atoms with Crippen LogP contribution in [0.3, 0.4) is 0 Å². The van der Waals surface area contributed by atoms with Crippen LogP contribution in [0, 0.1) is 5.41 Å². The first kappa shape index (κ1) is 12.7. The highest BCUT2D eigenvalue weighted by Crippen LogP contribution is 2.43. The number of carboxylic acids is 1. The molecule has 98 valence electrons. The van der Waals surface area contributed by atoms with Crippen molar-refractivity contribution in [2.75, 3.05) is 17.6 Å². The second kappa shape index (κ2) is 4.88. The topological polar surface area (TPSA) is 75.3 Å². The van der Waals surface area contributed by atoms with Gasteiger partial charge in [0.1, 0.15) is 0 Å². The molecule has 0 unspecified atom stereocenters. The number of carbonyl (C=O) groups is 1. The predicted octanol–water partition coefficient (Wildman–Crippen LogP) is 2.96. The first-order valence-corrected chi connectivity index (χ1v) is 6.43. The Kier molecular flexibility index (Phi) is 3.45. The number of rotatable bonds is 5. The van der Waals surface area contributed by atoms with Gasteiger partial charge in [-0.25, -0.2) is 4.79 Å². The average molecular weight is 248 g/mol. The summed E-state index contributed by atoms with van der Waals surface area (Å²) in [6, 6.07) is 5.09. The lowest BCUT2D eigenvalue weighted by Gasteiger charge is -2.41. The molecule has 0 amide bonds. The van der Waals surface area contributed by atoms with Crippen LogP contribution in [0.5, 0.6) is 0 Å². The number of benzene rings is 1. The van der Waals surface area contributed by atoms with Gasteiger partial charge in [-0.3, -0.25) is 0 Å². The molecule has 1 fully saturated rings. The molecule has 1 aliphatic rings. The number of nitrogens with one attached hydrogen (secondary N) is 1. The molecule has 2 rings (SSSR count). The fourth-order valence-corrected chi connectivity index (χ4v) is 2.47. The normalized spacial score (nSPS) is 16.9. The van der Waals surface area contributed by atoms with Gasteiger partial charge in [0.05, 0.1) is 5.56 Å². The molecule has 0 saturated heterocycles. The molecule has 0 atom stereocenters. The van der Waals surface area contributed by atoms with Gasteiger partial charge in [0, 0.05) is 17.9 Å². The predicted molar refractivity (Wildman–Crippen MR) is 72.9 cm³/mol. The second-order valence-electron chi connectivity index (χ2n) is 5.17. The van der Waals surface area contributed by atoms with Gasteiger partial charge in [0.25, 0.3) is 0 Å². The summed E-state index contributed by atoms with van der Waals surface area (Å²) in [5, 5.41) is 12.4. The summed E-state index contributed by atoms with van der Waals surface area (Å²) >= 11 is 0. The molecule has 0 aliphatic heterocycles. The van der Waals surface area contributed by atoms with E-state index in [-0.39, 0.29) is 5.56 Å². The maximum atomic E-state index is 11.0. The van der Waals surface area contributed by atoms with Crippen molar-refractivity contribution < 1.29 is 9.90 Å². The third-order valence-electron chi connectivity index (χ3n) is 4.12. The molecule has 1 saturated carbocycles. The molecule has 1 aromatic rings. The summed E-state index contributed by atoms with van der Waals surface area (Å²) in [6.07, 6.45) is 4.99. The van der Waals surface area contributed by atoms with Crippen LogP contribution >= 0.6 is 0 Å². The second-order valence-corrected chi connectivity index (χ2v) is 5.17. The Balaban J connectivity index is 2.06. The molecule has 0 heterocycles. The van der Waals surface area contributed by atoms with Gasteiger partial charge in [0.2, 0.25) is 0 Å². The Morgan fingerprint density at radius 2 is 2.22 bits per heavy atom. The summed E-state index contributed by atoms with van der Waals surface area (Å²) < 4.78 is 0. The van der Waals surface area contributed by atoms with Gasteiger partial charge >= 0.3 is 5.97 Å². The van der Waals surface area contributed by atoms with Crippen LogP contribution in [0.4, 0.5) is 11.4 Å². The first-order valence-electron chi connectivity index (χ1n) is 6.43. The molecular weight excluding hydrogens is 228 g/mol. The minimum atomic E-state index is -0.981. The minimum Gasteiger partial charge on any atom is -0.478 e. The Bertz CT molecular complexity index is 448. The van der Waals surface area contributed by atoms with E-state index in [1.165, 1.54) is 25.7 Å². The molecule has 0 radical (unpaired) electrons. The van der Waals surface area contributed by atoms with Crippen LogP contribution < -0.4 is 11.1 Å². The first-order chi connectivity index (χ1) is 8.56. The number of aromatic carboxylic acids is 1. The Morgan fingerprint density at radius 1 is 1.50 bits per heavy atom. The van der Waals surface area contributed by atoms with Gasteiger partial charge in [-0.15, -0.1) is 0 Å². The van der Waals surface area contributed by atoms with E-state index >= 15 is 0 Å². The molecule has 1 aromatic carbocycles. The molecule has 4 N–H and O–H groups in total. The van der Waals surface area contributed by atoms with Gasteiger partial charge in [-0.05, 0) is 42.9 Å². The van der Waals surface area contributed by atoms with E-state index in [4.69, 9.17) is 10.8 Å². The van der Waals surface area contributed by atoms with Crippen LogP contribution in [0.25, 0.3) is 0 Å². The van der Waals surface area contributed by atoms with E-state index in [1.807, 2.05) is 6.07 Å². The SMILES string of the molecule is CCC1(CNc2ccc(N)c(C(=O)O)c2)CCC1. The number of nitrogen functional groups attached to an aromatic ring is 1. The molecule has 0 spiro atoms. The van der Waals surface area contributed by atoms with E-state index in [9.17, 15) is 4.79 Å². The van der Waals surface area contributed by atoms with Crippen molar-refractivity contribution in [2.24, 2.45) is 5.41 Å². The lowest BCUT2D eigenvalue weighted by atomic mass is 9.67. The zero-order valence-corrected chi connectivity index (χ0v) is 10.7. The summed E-state index contributed by atoms with van der Waals surface area (Å²) in [6.45, 7) is 3.12. The minimum absolute atomic E-state index is 0.166. The third kappa shape index (κ3) is 2.42. The lowest BCUT2D eigenvalue weighted by molar-refractivity contribution is 0.0698. The van der Waals surface area contributed by atoms with E-state index < -0.39 is 5.97 Å². The zero-order valence-electron chi connectivity index (χ0n) is 10.7. The highest BCUT2D eigenvalue weighted by molar-refractivity contribution is 5.94. The summed E-state index contributed by atoms with van der Waals surface area (Å²) in [4.78, 5) is 11.0. The van der Waals surface area contributed by atoms with Crippen molar-refractivity contribution in [3.05, 3.63) is 23.8 Å². The number of carboxylic acid groups (broad SMARTS) is 1. The molecular formula is C14H20N2O2. The molecule has 4 nitrogen and oxygen atoms in total. The van der Waals surface area contributed by atoms with Crippen molar-refractivity contribution in [3.63, 3.8) is 0 Å². The number of hydrogen-bond donors (Lipinski definition) is 3. The Hall–Kier alpha value is -1.71. The van der Waals surface area contributed by atoms with Crippen molar-refractivity contribution >= 4 is 17.3 Å². The molecule has 1 aliphatic carbocycles. The van der Waals surface area contributed by atoms with Crippen LogP contribution in [-0.2, 0) is 0 Å². The highest BCUT2D eigenvalue weighted by Gasteiger charge is 2.34. The van der Waals surface area contributed by atoms with Crippen molar-refractivity contribution in [3.8, 4) is 0 Å². The van der Waals surface area contributed by atoms with Crippen LogP contribution in [0.1, 0.15) is 43.0 Å². The molecule has 18 heavy (non-hydrogen) atoms. The zero-order chi connectivity index (χ0) is 13.2. The lowest BCUT2D eigenvalue weighted by Crippen LogP contribution is -2.35. The van der Waals surface area contributed by atoms with E-state index in [1.54, 1.807) is 12.1 Å². The molecule has 0 bridgehead atoms. The van der Waals surface area contributed by atoms with Crippen LogP contribution in [0.15, 0.2) is 18.2 Å². The maximum Gasteiger partial charge on any atom is 0.337 e. The van der Waals surface area contributed by atoms with Crippen LogP contribution in [0.2, 0.25) is 0 Å². The van der Waals surface area contributed by atoms with Crippen molar-refractivity contribution in [1.29, 1.82) is 0 Å². The third-order valence-corrected chi connectivity index (χ3v) is 4.12. The fourth-order valence-electron chi connectivity index (χ4n) is 2.47. The van der Waals surface area contributed by atoms with Crippen molar-refractivity contribution in [2.45, 2.75) is 32.6 Å². The van der Waals surface area contributed by atoms with Crippen LogP contribution in [-0.4, -0.2) is 17.6 Å². The smallest absolute Gasteiger partial charge is 0.337 e. The summed E-state index contributed by atoms with van der Waals surface area (Å²) in [5.74, 6) is -0.981. The molecule has 4 heteroatoms. The summed E-state index contributed by atoms with van der Waals surface area (Å²) in [7, 11) is 0. The monoisotopic (exact) mass is 248 g/mol. The standard InChI is InChI=1S/C14H20N2O2/c1-2-14(6-3-7-14)9-16-10-4-5-12(15)11(8-10)13(17)18/h4-5,8,16H,2-3,6-7,9,15H2,1H3,(H,17,18). The van der Waals surface area contributed by atoms with Gasteiger partial charge in [-0.1, -0.05) is 13.3 Å². The molecule has 0 aromatic heterocycles. The number of nitrogens with two attached hydrogens (primary N) is 1. The van der Waals surface area contributed by atoms with Gasteiger partial charge < -0.3 is 16.2 Å². The number of hydrogen-bond acceptors (Lipinski definition) is 3. The maximum absolute atomic E-state index is 11.0. The van der Waals surface area contributed by atoms with Crippen molar-refractivity contribution in [1.82, 2.24) is 0 Å². The van der Waals surface area contributed by atoms with Gasteiger partial charge in [0.15, 0.2) is 0 Å². The van der Waals surface area contributed by atoms with E-state index in [2.05, 4.69) is 12.2 Å². The Labute approximate surface area is 107 Å². The fraction of sp³-hybridized carbons (Fsp3) is 0.500. The largest absolute Gasteiger partial charge is 0.478 e. The summed E-state index contributed by atoms with van der Waals surface area (Å²) in [5.41, 5.74) is 7.34. The highest BCUT2D eigenvalue weighted by atomic mass is 16.4. The quantitative estimate of drug-likeness (QED) is 0.700. The Morgan fingerprint density at radius 3 is 2.72 bits per heavy atom.